The maximum Gasteiger partial charge on any atom is 0.258 e. The van der Waals surface area contributed by atoms with Crippen molar-refractivity contribution in [2.45, 2.75) is 25.8 Å². The summed E-state index contributed by atoms with van der Waals surface area (Å²) in [6.07, 6.45) is 2.13. The molecule has 1 unspecified atom stereocenters. The van der Waals surface area contributed by atoms with Gasteiger partial charge in [-0.25, -0.2) is 4.98 Å². The van der Waals surface area contributed by atoms with Crippen molar-refractivity contribution in [3.05, 3.63) is 76.3 Å². The molecule has 0 radical (unpaired) electrons. The summed E-state index contributed by atoms with van der Waals surface area (Å²) in [7, 11) is 2.07. The number of aromatic amines is 1. The zero-order valence-corrected chi connectivity index (χ0v) is 14.2. The van der Waals surface area contributed by atoms with Crippen LogP contribution >= 0.6 is 0 Å². The van der Waals surface area contributed by atoms with E-state index in [0.29, 0.717) is 5.39 Å². The van der Waals surface area contributed by atoms with Gasteiger partial charge in [0.1, 0.15) is 5.82 Å². The molecule has 1 aromatic heterocycles. The summed E-state index contributed by atoms with van der Waals surface area (Å²) < 4.78 is 0. The third-order valence-corrected chi connectivity index (χ3v) is 4.51. The maximum absolute atomic E-state index is 12.2. The van der Waals surface area contributed by atoms with Crippen molar-refractivity contribution >= 4 is 10.9 Å². The second kappa shape index (κ2) is 7.41. The van der Waals surface area contributed by atoms with Crippen molar-refractivity contribution in [2.24, 2.45) is 0 Å². The van der Waals surface area contributed by atoms with Gasteiger partial charge in [-0.3, -0.25) is 9.69 Å². The monoisotopic (exact) mass is 321 g/mol. The molecule has 0 bridgehead atoms. The summed E-state index contributed by atoms with van der Waals surface area (Å²) in [5.41, 5.74) is 2.04. The van der Waals surface area contributed by atoms with E-state index in [4.69, 9.17) is 0 Å². The Kier molecular flexibility index (Phi) is 5.06. The zero-order chi connectivity index (χ0) is 16.9. The Morgan fingerprint density at radius 3 is 2.58 bits per heavy atom. The van der Waals surface area contributed by atoms with Crippen LogP contribution in [0, 0.1) is 0 Å². The van der Waals surface area contributed by atoms with Crippen LogP contribution in [0.4, 0.5) is 0 Å². The molecule has 3 aromatic rings. The number of hydrogen-bond donors (Lipinski definition) is 1. The first-order chi connectivity index (χ1) is 11.6. The largest absolute Gasteiger partial charge is 0.309 e. The number of rotatable bonds is 6. The number of aryl methyl sites for hydroxylation is 1. The van der Waals surface area contributed by atoms with Crippen molar-refractivity contribution in [2.75, 3.05) is 13.6 Å². The van der Waals surface area contributed by atoms with E-state index >= 15 is 0 Å². The van der Waals surface area contributed by atoms with Crippen LogP contribution in [0.5, 0.6) is 0 Å². The van der Waals surface area contributed by atoms with Crippen molar-refractivity contribution < 1.29 is 0 Å². The standard InChI is InChI=1S/C20H23N3O/c1-15(23(2)14-8-11-16-9-4-3-5-10-16)19-21-18-13-7-6-12-17(18)20(24)22-19/h3-7,9-10,12-13,15H,8,11,14H2,1-2H3,(H,21,22,24). The van der Waals surface area contributed by atoms with Crippen molar-refractivity contribution in [1.29, 1.82) is 0 Å². The van der Waals surface area contributed by atoms with E-state index in [1.165, 1.54) is 5.56 Å². The molecule has 0 fully saturated rings. The Bertz CT molecular complexity index is 857. The number of nitrogens with one attached hydrogen (secondary N) is 1. The fourth-order valence-electron chi connectivity index (χ4n) is 2.88. The van der Waals surface area contributed by atoms with Gasteiger partial charge in [-0.1, -0.05) is 42.5 Å². The molecular weight excluding hydrogens is 298 g/mol. The van der Waals surface area contributed by atoms with Crippen molar-refractivity contribution in [3.8, 4) is 0 Å². The van der Waals surface area contributed by atoms with Gasteiger partial charge in [-0.05, 0) is 51.1 Å². The first kappa shape index (κ1) is 16.4. The molecule has 0 amide bonds. The van der Waals surface area contributed by atoms with Gasteiger partial charge in [0.05, 0.1) is 16.9 Å². The molecule has 1 heterocycles. The quantitative estimate of drug-likeness (QED) is 0.755. The summed E-state index contributed by atoms with van der Waals surface area (Å²) in [5, 5.41) is 0.639. The van der Waals surface area contributed by atoms with Gasteiger partial charge in [0.25, 0.3) is 5.56 Å². The van der Waals surface area contributed by atoms with Gasteiger partial charge in [-0.2, -0.15) is 0 Å². The highest BCUT2D eigenvalue weighted by atomic mass is 16.1. The van der Waals surface area contributed by atoms with Crippen LogP contribution in [0.15, 0.2) is 59.4 Å². The van der Waals surface area contributed by atoms with E-state index in [2.05, 4.69) is 53.1 Å². The lowest BCUT2D eigenvalue weighted by Gasteiger charge is -2.24. The molecule has 0 aliphatic heterocycles. The number of para-hydroxylation sites is 1. The maximum atomic E-state index is 12.2. The Morgan fingerprint density at radius 1 is 1.08 bits per heavy atom. The van der Waals surface area contributed by atoms with Crippen LogP contribution in [0.3, 0.4) is 0 Å². The number of benzene rings is 2. The zero-order valence-electron chi connectivity index (χ0n) is 14.2. The molecule has 3 rings (SSSR count). The SMILES string of the molecule is CC(c1nc2ccccc2c(=O)[nH]1)N(C)CCCc1ccccc1. The molecule has 4 nitrogen and oxygen atoms in total. The lowest BCUT2D eigenvalue weighted by atomic mass is 10.1. The topological polar surface area (TPSA) is 49.0 Å². The second-order valence-corrected chi connectivity index (χ2v) is 6.21. The molecule has 2 aromatic carbocycles. The number of hydrogen-bond acceptors (Lipinski definition) is 3. The fraction of sp³-hybridized carbons (Fsp3) is 0.300. The van der Waals surface area contributed by atoms with Crippen LogP contribution < -0.4 is 5.56 Å². The second-order valence-electron chi connectivity index (χ2n) is 6.21. The average molecular weight is 321 g/mol. The number of fused-ring (bicyclic) bond motifs is 1. The minimum absolute atomic E-state index is 0.0677. The van der Waals surface area contributed by atoms with E-state index in [1.54, 1.807) is 6.07 Å². The minimum atomic E-state index is -0.0693. The fourth-order valence-corrected chi connectivity index (χ4v) is 2.88. The molecule has 0 saturated carbocycles. The van der Waals surface area contributed by atoms with E-state index < -0.39 is 0 Å². The lowest BCUT2D eigenvalue weighted by Crippen LogP contribution is -2.27. The molecular formula is C20H23N3O. The summed E-state index contributed by atoms with van der Waals surface area (Å²) in [6.45, 7) is 3.03. The molecule has 1 atom stereocenters. The van der Waals surface area contributed by atoms with Crippen LogP contribution in [0.25, 0.3) is 10.9 Å². The first-order valence-electron chi connectivity index (χ1n) is 8.38. The highest BCUT2D eigenvalue weighted by molar-refractivity contribution is 5.77. The highest BCUT2D eigenvalue weighted by Gasteiger charge is 2.15. The smallest absolute Gasteiger partial charge is 0.258 e. The lowest BCUT2D eigenvalue weighted by molar-refractivity contribution is 0.249. The van der Waals surface area contributed by atoms with Crippen LogP contribution in [0.2, 0.25) is 0 Å². The van der Waals surface area contributed by atoms with E-state index in [1.807, 2.05) is 24.3 Å². The van der Waals surface area contributed by atoms with Gasteiger partial charge in [-0.15, -0.1) is 0 Å². The third-order valence-electron chi connectivity index (χ3n) is 4.51. The number of H-pyrrole nitrogens is 1. The van der Waals surface area contributed by atoms with E-state index in [-0.39, 0.29) is 11.6 Å². The molecule has 0 saturated heterocycles. The van der Waals surface area contributed by atoms with Crippen molar-refractivity contribution in [1.82, 2.24) is 14.9 Å². The third kappa shape index (κ3) is 3.71. The summed E-state index contributed by atoms with van der Waals surface area (Å²) in [5.74, 6) is 0.723. The molecule has 0 spiro atoms. The van der Waals surface area contributed by atoms with Crippen LogP contribution in [0.1, 0.15) is 30.8 Å². The van der Waals surface area contributed by atoms with Gasteiger partial charge in [0, 0.05) is 0 Å². The molecule has 1 N–H and O–H groups in total. The molecule has 124 valence electrons. The summed E-state index contributed by atoms with van der Waals surface area (Å²) in [6, 6.07) is 18.0. The first-order valence-corrected chi connectivity index (χ1v) is 8.38. The summed E-state index contributed by atoms with van der Waals surface area (Å²) in [4.78, 5) is 22.0. The predicted molar refractivity (Wildman–Crippen MR) is 98.2 cm³/mol. The van der Waals surface area contributed by atoms with Gasteiger partial charge in [0.15, 0.2) is 0 Å². The average Bonchev–Trinajstić information content (AvgIpc) is 2.62. The van der Waals surface area contributed by atoms with Gasteiger partial charge < -0.3 is 4.98 Å². The highest BCUT2D eigenvalue weighted by Crippen LogP contribution is 2.16. The Balaban J connectivity index is 1.67. The van der Waals surface area contributed by atoms with Crippen LogP contribution in [-0.2, 0) is 6.42 Å². The van der Waals surface area contributed by atoms with Gasteiger partial charge >= 0.3 is 0 Å². The van der Waals surface area contributed by atoms with Crippen LogP contribution in [-0.4, -0.2) is 28.5 Å². The Morgan fingerprint density at radius 2 is 1.79 bits per heavy atom. The van der Waals surface area contributed by atoms with Crippen molar-refractivity contribution in [3.63, 3.8) is 0 Å². The van der Waals surface area contributed by atoms with E-state index in [0.717, 1.165) is 30.7 Å². The Labute approximate surface area is 142 Å². The molecule has 4 heteroatoms. The normalized spacial score (nSPS) is 12.6. The molecule has 0 aliphatic carbocycles. The number of aromatic nitrogens is 2. The minimum Gasteiger partial charge on any atom is -0.309 e. The molecule has 24 heavy (non-hydrogen) atoms. The van der Waals surface area contributed by atoms with E-state index in [9.17, 15) is 4.79 Å². The molecule has 0 aliphatic rings. The van der Waals surface area contributed by atoms with Gasteiger partial charge in [0.2, 0.25) is 0 Å². The summed E-state index contributed by atoms with van der Waals surface area (Å²) >= 11 is 0. The predicted octanol–water partition coefficient (Wildman–Crippen LogP) is 3.55. The number of nitrogens with zero attached hydrogens (tertiary/aromatic N) is 2. The Hall–Kier alpha value is -2.46.